The van der Waals surface area contributed by atoms with Gasteiger partial charge in [0.1, 0.15) is 0 Å². The van der Waals surface area contributed by atoms with Crippen LogP contribution < -0.4 is 0 Å². The molecule has 1 amide bonds. The Morgan fingerprint density at radius 1 is 1.67 bits per heavy atom. The molecule has 1 aliphatic heterocycles. The summed E-state index contributed by atoms with van der Waals surface area (Å²) < 4.78 is 0. The minimum Gasteiger partial charge on any atom is -0.481 e. The van der Waals surface area contributed by atoms with Gasteiger partial charge >= 0.3 is 12.4 Å². The molecule has 0 aliphatic carbocycles. The molecular formula is C5H6NO3. The van der Waals surface area contributed by atoms with Crippen molar-refractivity contribution in [2.24, 2.45) is 5.92 Å². The number of carboxylic acid groups (broad SMARTS) is 1. The van der Waals surface area contributed by atoms with Crippen LogP contribution in [0.2, 0.25) is 0 Å². The zero-order valence-corrected chi connectivity index (χ0v) is 4.70. The number of likely N-dealkylation sites (tertiary alicyclic amines) is 1. The molecule has 0 saturated carbocycles. The van der Waals surface area contributed by atoms with Crippen molar-refractivity contribution in [3.63, 3.8) is 0 Å². The molecule has 0 unspecified atom stereocenters. The smallest absolute Gasteiger partial charge is 0.312 e. The average Bonchev–Trinajstić information content (AvgIpc) is 1.61. The van der Waals surface area contributed by atoms with E-state index in [1.54, 1.807) is 6.41 Å². The summed E-state index contributed by atoms with van der Waals surface area (Å²) in [6.45, 7) is 0.637. The minimum atomic E-state index is -0.832. The van der Waals surface area contributed by atoms with Gasteiger partial charge in [-0.05, 0) is 0 Å². The number of nitrogens with zero attached hydrogens (tertiary/aromatic N) is 1. The van der Waals surface area contributed by atoms with Crippen LogP contribution >= 0.6 is 0 Å². The van der Waals surface area contributed by atoms with Gasteiger partial charge < -0.3 is 10.0 Å². The van der Waals surface area contributed by atoms with Gasteiger partial charge in [-0.2, -0.15) is 0 Å². The Bertz CT molecular complexity index is 139. The Morgan fingerprint density at radius 3 is 2.56 bits per heavy atom. The first-order valence-corrected chi connectivity index (χ1v) is 2.59. The van der Waals surface area contributed by atoms with E-state index in [1.165, 1.54) is 4.90 Å². The summed E-state index contributed by atoms with van der Waals surface area (Å²) in [5.74, 6) is -1.19. The molecule has 1 radical (unpaired) electrons. The molecule has 1 N–H and O–H groups in total. The zero-order valence-electron chi connectivity index (χ0n) is 4.70. The normalized spacial score (nSPS) is 18.9. The maximum Gasteiger partial charge on any atom is 0.312 e. The van der Waals surface area contributed by atoms with E-state index < -0.39 is 5.97 Å². The summed E-state index contributed by atoms with van der Waals surface area (Å²) in [4.78, 5) is 21.2. The lowest BCUT2D eigenvalue weighted by molar-refractivity contribution is -0.145. The molecule has 4 nitrogen and oxygen atoms in total. The maximum atomic E-state index is 10.1. The molecule has 0 aromatic heterocycles. The Kier molecular flexibility index (Phi) is 1.38. The van der Waals surface area contributed by atoms with Crippen LogP contribution in [0.25, 0.3) is 0 Å². The largest absolute Gasteiger partial charge is 0.481 e. The summed E-state index contributed by atoms with van der Waals surface area (Å²) in [6, 6.07) is 0. The molecule has 0 spiro atoms. The average molecular weight is 128 g/mol. The van der Waals surface area contributed by atoms with Crippen molar-refractivity contribution in [1.29, 1.82) is 0 Å². The Balaban J connectivity index is 2.26. The van der Waals surface area contributed by atoms with Crippen LogP contribution in [0.15, 0.2) is 0 Å². The van der Waals surface area contributed by atoms with Crippen molar-refractivity contribution in [1.82, 2.24) is 4.90 Å². The summed E-state index contributed by atoms with van der Waals surface area (Å²) >= 11 is 0. The first-order valence-electron chi connectivity index (χ1n) is 2.59. The highest BCUT2D eigenvalue weighted by atomic mass is 16.4. The first kappa shape index (κ1) is 6.07. The quantitative estimate of drug-likeness (QED) is 0.522. The first-order chi connectivity index (χ1) is 4.24. The second-order valence-corrected chi connectivity index (χ2v) is 2.03. The van der Waals surface area contributed by atoms with Gasteiger partial charge in [0.25, 0.3) is 0 Å². The van der Waals surface area contributed by atoms with Gasteiger partial charge in [0.2, 0.25) is 0 Å². The number of hydrogen-bond donors (Lipinski definition) is 1. The molecule has 9 heavy (non-hydrogen) atoms. The van der Waals surface area contributed by atoms with Crippen LogP contribution in [-0.2, 0) is 9.59 Å². The van der Waals surface area contributed by atoms with Crippen LogP contribution in [0.4, 0.5) is 0 Å². The predicted molar refractivity (Wildman–Crippen MR) is 28.4 cm³/mol. The van der Waals surface area contributed by atoms with Gasteiger partial charge in [0.05, 0.1) is 5.92 Å². The van der Waals surface area contributed by atoms with E-state index in [9.17, 15) is 9.59 Å². The van der Waals surface area contributed by atoms with Gasteiger partial charge in [0.15, 0.2) is 0 Å². The molecule has 1 fully saturated rings. The van der Waals surface area contributed by atoms with Crippen LogP contribution in [0, 0.1) is 5.92 Å². The van der Waals surface area contributed by atoms with E-state index in [-0.39, 0.29) is 5.92 Å². The summed E-state index contributed by atoms with van der Waals surface area (Å²) in [7, 11) is 0. The topological polar surface area (TPSA) is 57.6 Å². The fourth-order valence-corrected chi connectivity index (χ4v) is 0.709. The Labute approximate surface area is 52.1 Å². The summed E-state index contributed by atoms with van der Waals surface area (Å²) in [6.07, 6.45) is 1.61. The highest BCUT2D eigenvalue weighted by Crippen LogP contribution is 2.11. The zero-order chi connectivity index (χ0) is 6.85. The number of carboxylic acids is 1. The van der Waals surface area contributed by atoms with E-state index in [0.29, 0.717) is 13.1 Å². The van der Waals surface area contributed by atoms with Crippen molar-refractivity contribution < 1.29 is 14.7 Å². The lowest BCUT2D eigenvalue weighted by Gasteiger charge is -2.31. The van der Waals surface area contributed by atoms with Crippen molar-refractivity contribution in [3.05, 3.63) is 0 Å². The summed E-state index contributed by atoms with van der Waals surface area (Å²) in [5.41, 5.74) is 0. The predicted octanol–water partition coefficient (Wildman–Crippen LogP) is -0.930. The second kappa shape index (κ2) is 2.05. The van der Waals surface area contributed by atoms with E-state index in [4.69, 9.17) is 5.11 Å². The Hall–Kier alpha value is -1.06. The fourth-order valence-electron chi connectivity index (χ4n) is 0.709. The molecule has 0 bridgehead atoms. The van der Waals surface area contributed by atoms with Gasteiger partial charge in [-0.3, -0.25) is 9.59 Å². The number of carbonyl (C=O) groups is 1. The van der Waals surface area contributed by atoms with Crippen molar-refractivity contribution in [2.75, 3.05) is 13.1 Å². The van der Waals surface area contributed by atoms with Gasteiger partial charge in [0, 0.05) is 13.1 Å². The standard InChI is InChI=1S/C5H6NO3/c7-3-6-1-4(2-6)5(8)9/h4H,1-2H2,(H,8,9). The summed E-state index contributed by atoms with van der Waals surface area (Å²) in [5, 5.41) is 8.29. The van der Waals surface area contributed by atoms with Crippen LogP contribution in [0.3, 0.4) is 0 Å². The van der Waals surface area contributed by atoms with E-state index in [1.807, 2.05) is 0 Å². The van der Waals surface area contributed by atoms with Gasteiger partial charge in [-0.15, -0.1) is 0 Å². The molecule has 1 rings (SSSR count). The Morgan fingerprint density at radius 2 is 2.22 bits per heavy atom. The fraction of sp³-hybridized carbons (Fsp3) is 0.600. The van der Waals surface area contributed by atoms with Crippen molar-refractivity contribution >= 4 is 12.4 Å². The molecule has 0 aromatic rings. The van der Waals surface area contributed by atoms with Crippen LogP contribution in [0.1, 0.15) is 0 Å². The highest BCUT2D eigenvalue weighted by molar-refractivity contribution is 5.73. The van der Waals surface area contributed by atoms with Crippen molar-refractivity contribution in [3.8, 4) is 0 Å². The number of hydrogen-bond acceptors (Lipinski definition) is 2. The van der Waals surface area contributed by atoms with Crippen LogP contribution in [0.5, 0.6) is 0 Å². The molecule has 0 atom stereocenters. The molecule has 1 saturated heterocycles. The van der Waals surface area contributed by atoms with Gasteiger partial charge in [-0.25, -0.2) is 0 Å². The third kappa shape index (κ3) is 1.01. The van der Waals surface area contributed by atoms with Crippen LogP contribution in [-0.4, -0.2) is 35.5 Å². The number of carbonyl (C=O) groups excluding carboxylic acids is 1. The van der Waals surface area contributed by atoms with Gasteiger partial charge in [-0.1, -0.05) is 0 Å². The molecular weight excluding hydrogens is 122 g/mol. The number of aliphatic carboxylic acids is 1. The van der Waals surface area contributed by atoms with E-state index in [0.717, 1.165) is 0 Å². The molecule has 1 aliphatic rings. The number of amides is 1. The SMILES string of the molecule is O=[C]N1CC(C(=O)O)C1. The highest BCUT2D eigenvalue weighted by Gasteiger charge is 2.31. The monoisotopic (exact) mass is 128 g/mol. The molecule has 4 heteroatoms. The van der Waals surface area contributed by atoms with E-state index in [2.05, 4.69) is 0 Å². The lowest BCUT2D eigenvalue weighted by Crippen LogP contribution is -2.49. The minimum absolute atomic E-state index is 0.318. The third-order valence-corrected chi connectivity index (χ3v) is 1.36. The maximum absolute atomic E-state index is 10.1. The molecule has 0 aromatic carbocycles. The molecule has 49 valence electrons. The number of rotatable bonds is 2. The molecule has 1 heterocycles. The third-order valence-electron chi connectivity index (χ3n) is 1.36. The second-order valence-electron chi connectivity index (χ2n) is 2.03. The van der Waals surface area contributed by atoms with E-state index >= 15 is 0 Å². The lowest BCUT2D eigenvalue weighted by atomic mass is 10.0. The van der Waals surface area contributed by atoms with Crippen molar-refractivity contribution in [2.45, 2.75) is 0 Å².